The maximum absolute atomic E-state index is 14.0. The van der Waals surface area contributed by atoms with Gasteiger partial charge in [-0.3, -0.25) is 9.59 Å². The Balaban J connectivity index is 1.69. The van der Waals surface area contributed by atoms with E-state index >= 15 is 0 Å². The fourth-order valence-corrected chi connectivity index (χ4v) is 3.76. The summed E-state index contributed by atoms with van der Waals surface area (Å²) in [6.07, 6.45) is 1.85. The smallest absolute Gasteiger partial charge is 0.253 e. The van der Waals surface area contributed by atoms with Crippen LogP contribution >= 0.6 is 0 Å². The van der Waals surface area contributed by atoms with Gasteiger partial charge in [0.2, 0.25) is 0 Å². The van der Waals surface area contributed by atoms with E-state index in [0.29, 0.717) is 44.5 Å². The second kappa shape index (κ2) is 9.71. The highest BCUT2D eigenvalue weighted by Crippen LogP contribution is 2.28. The van der Waals surface area contributed by atoms with Crippen LogP contribution in [0.3, 0.4) is 0 Å². The number of methoxy groups -OCH3 is 2. The van der Waals surface area contributed by atoms with E-state index in [0.717, 1.165) is 0 Å². The second-order valence-corrected chi connectivity index (χ2v) is 7.48. The van der Waals surface area contributed by atoms with Crippen molar-refractivity contribution < 1.29 is 23.5 Å². The van der Waals surface area contributed by atoms with E-state index in [1.165, 1.54) is 19.2 Å². The number of likely N-dealkylation sites (tertiary alicyclic amines) is 1. The molecule has 2 aromatic rings. The van der Waals surface area contributed by atoms with Crippen LogP contribution < -0.4 is 10.1 Å². The average Bonchev–Trinajstić information content (AvgIpc) is 2.78. The van der Waals surface area contributed by atoms with E-state index in [1.54, 1.807) is 30.2 Å². The molecular weight excluding hydrogens is 387 g/mol. The first-order valence-electron chi connectivity index (χ1n) is 9.97. The van der Waals surface area contributed by atoms with Crippen LogP contribution in [0.15, 0.2) is 48.5 Å². The van der Waals surface area contributed by atoms with Gasteiger partial charge in [0.05, 0.1) is 7.11 Å². The summed E-state index contributed by atoms with van der Waals surface area (Å²) in [6, 6.07) is 13.3. The molecule has 6 nitrogen and oxygen atoms in total. The number of ether oxygens (including phenoxy) is 2. The van der Waals surface area contributed by atoms with Crippen LogP contribution in [0.2, 0.25) is 0 Å². The third-order valence-electron chi connectivity index (χ3n) is 5.61. The quantitative estimate of drug-likeness (QED) is 0.755. The van der Waals surface area contributed by atoms with Crippen LogP contribution in [0.4, 0.5) is 4.39 Å². The van der Waals surface area contributed by atoms with Crippen LogP contribution in [0, 0.1) is 5.82 Å². The largest absolute Gasteiger partial charge is 0.494 e. The van der Waals surface area contributed by atoms with Gasteiger partial charge in [0, 0.05) is 43.5 Å². The van der Waals surface area contributed by atoms with Crippen molar-refractivity contribution in [2.45, 2.75) is 24.8 Å². The van der Waals surface area contributed by atoms with Crippen molar-refractivity contribution in [1.82, 2.24) is 10.2 Å². The van der Waals surface area contributed by atoms with Gasteiger partial charge in [-0.1, -0.05) is 18.2 Å². The molecule has 1 N–H and O–H groups in total. The molecule has 0 radical (unpaired) electrons. The molecule has 160 valence electrons. The summed E-state index contributed by atoms with van der Waals surface area (Å²) in [5, 5.41) is 3.17. The van der Waals surface area contributed by atoms with Crippen LogP contribution in [0.25, 0.3) is 0 Å². The maximum atomic E-state index is 14.0. The van der Waals surface area contributed by atoms with Crippen molar-refractivity contribution >= 4 is 11.8 Å². The number of nitrogens with zero attached hydrogens (tertiary/aromatic N) is 1. The van der Waals surface area contributed by atoms with Gasteiger partial charge in [-0.2, -0.15) is 0 Å². The minimum atomic E-state index is -0.565. The van der Waals surface area contributed by atoms with E-state index < -0.39 is 11.4 Å². The van der Waals surface area contributed by atoms with Crippen molar-refractivity contribution in [2.75, 3.05) is 33.9 Å². The van der Waals surface area contributed by atoms with E-state index in [1.807, 2.05) is 18.2 Å². The van der Waals surface area contributed by atoms with Crippen molar-refractivity contribution in [1.29, 1.82) is 0 Å². The van der Waals surface area contributed by atoms with Crippen molar-refractivity contribution in [2.24, 2.45) is 0 Å². The molecule has 0 bridgehead atoms. The molecule has 0 unspecified atom stereocenters. The molecule has 0 aliphatic carbocycles. The number of hydrogen-bond acceptors (Lipinski definition) is 4. The molecule has 1 heterocycles. The van der Waals surface area contributed by atoms with Gasteiger partial charge < -0.3 is 19.7 Å². The van der Waals surface area contributed by atoms with Crippen molar-refractivity contribution in [3.63, 3.8) is 0 Å². The van der Waals surface area contributed by atoms with Crippen LogP contribution in [0.1, 0.15) is 40.0 Å². The van der Waals surface area contributed by atoms with E-state index in [9.17, 15) is 14.0 Å². The third-order valence-corrected chi connectivity index (χ3v) is 5.61. The first-order valence-corrected chi connectivity index (χ1v) is 9.97. The summed E-state index contributed by atoms with van der Waals surface area (Å²) in [7, 11) is 3.01. The molecule has 0 saturated carbocycles. The number of hydrogen-bond donors (Lipinski definition) is 1. The Bertz CT molecular complexity index is 880. The molecule has 1 saturated heterocycles. The van der Waals surface area contributed by atoms with Crippen LogP contribution in [-0.2, 0) is 4.74 Å². The summed E-state index contributed by atoms with van der Waals surface area (Å²) < 4.78 is 24.1. The predicted octanol–water partition coefficient (Wildman–Crippen LogP) is 3.28. The first-order chi connectivity index (χ1) is 14.5. The molecule has 0 aromatic heterocycles. The Labute approximate surface area is 176 Å². The lowest BCUT2D eigenvalue weighted by atomic mass is 9.84. The van der Waals surface area contributed by atoms with Gasteiger partial charge in [-0.15, -0.1) is 0 Å². The molecule has 1 aliphatic rings. The zero-order chi connectivity index (χ0) is 21.6. The van der Waals surface area contributed by atoms with Crippen molar-refractivity contribution in [3.05, 3.63) is 65.5 Å². The number of piperidine rings is 1. The molecule has 0 atom stereocenters. The first kappa shape index (κ1) is 21.8. The van der Waals surface area contributed by atoms with Gasteiger partial charge >= 0.3 is 0 Å². The molecule has 30 heavy (non-hydrogen) atoms. The summed E-state index contributed by atoms with van der Waals surface area (Å²) >= 11 is 0. The molecule has 2 aromatic carbocycles. The Morgan fingerprint density at radius 1 is 1.07 bits per heavy atom. The van der Waals surface area contributed by atoms with Gasteiger partial charge in [0.25, 0.3) is 11.8 Å². The molecule has 3 rings (SSSR count). The maximum Gasteiger partial charge on any atom is 0.253 e. The number of rotatable bonds is 7. The molecule has 1 fully saturated rings. The molecule has 0 spiro atoms. The number of carbonyl (C=O) groups excluding carboxylic acids is 2. The lowest BCUT2D eigenvalue weighted by Crippen LogP contribution is -2.56. The summed E-state index contributed by atoms with van der Waals surface area (Å²) in [5.41, 5.74) is 0.428. The van der Waals surface area contributed by atoms with Crippen LogP contribution in [0.5, 0.6) is 5.75 Å². The Morgan fingerprint density at radius 3 is 2.37 bits per heavy atom. The topological polar surface area (TPSA) is 67.9 Å². The monoisotopic (exact) mass is 414 g/mol. The standard InChI is InChI=1S/C23H27FN2O4/c1-29-15-12-23(25-21(27)17-6-4-3-5-7-17)10-13-26(14-11-23)22(28)18-8-9-20(30-2)19(24)16-18/h3-9,16H,10-15H2,1-2H3,(H,25,27). The van der Waals surface area contributed by atoms with Crippen LogP contribution in [-0.4, -0.2) is 56.2 Å². The Morgan fingerprint density at radius 2 is 1.77 bits per heavy atom. The number of benzene rings is 2. The average molecular weight is 414 g/mol. The van der Waals surface area contributed by atoms with E-state index in [2.05, 4.69) is 5.32 Å². The van der Waals surface area contributed by atoms with E-state index in [-0.39, 0.29) is 23.1 Å². The zero-order valence-corrected chi connectivity index (χ0v) is 17.3. The lowest BCUT2D eigenvalue weighted by molar-refractivity contribution is 0.0558. The highest BCUT2D eigenvalue weighted by molar-refractivity contribution is 5.95. The highest BCUT2D eigenvalue weighted by Gasteiger charge is 2.37. The number of halogens is 1. The third kappa shape index (κ3) is 4.97. The normalized spacial score (nSPS) is 15.5. The second-order valence-electron chi connectivity index (χ2n) is 7.48. The van der Waals surface area contributed by atoms with Crippen molar-refractivity contribution in [3.8, 4) is 5.75 Å². The fraction of sp³-hybridized carbons (Fsp3) is 0.391. The minimum absolute atomic E-state index is 0.104. The SMILES string of the molecule is COCCC1(NC(=O)c2ccccc2)CCN(C(=O)c2ccc(OC)c(F)c2)CC1. The van der Waals surface area contributed by atoms with E-state index in [4.69, 9.17) is 9.47 Å². The summed E-state index contributed by atoms with van der Waals surface area (Å²) in [6.45, 7) is 1.43. The number of carbonyl (C=O) groups is 2. The summed E-state index contributed by atoms with van der Waals surface area (Å²) in [5.74, 6) is -0.827. The van der Waals surface area contributed by atoms with Gasteiger partial charge in [-0.05, 0) is 49.6 Å². The lowest BCUT2D eigenvalue weighted by Gasteiger charge is -2.42. The highest BCUT2D eigenvalue weighted by atomic mass is 19.1. The Hall–Kier alpha value is -2.93. The number of nitrogens with one attached hydrogen (secondary N) is 1. The molecule has 1 aliphatic heterocycles. The minimum Gasteiger partial charge on any atom is -0.494 e. The number of amides is 2. The molecule has 7 heteroatoms. The van der Waals surface area contributed by atoms with Gasteiger partial charge in [-0.25, -0.2) is 4.39 Å². The predicted molar refractivity (Wildman–Crippen MR) is 111 cm³/mol. The molecule has 2 amide bonds. The fourth-order valence-electron chi connectivity index (χ4n) is 3.76. The Kier molecular flexibility index (Phi) is 7.05. The van der Waals surface area contributed by atoms with Gasteiger partial charge in [0.1, 0.15) is 0 Å². The zero-order valence-electron chi connectivity index (χ0n) is 17.3. The van der Waals surface area contributed by atoms with Gasteiger partial charge in [0.15, 0.2) is 11.6 Å². The summed E-state index contributed by atoms with van der Waals surface area (Å²) in [4.78, 5) is 27.3. The molecular formula is C23H27FN2O4.